The number of aliphatic carboxylic acids is 1. The molecule has 0 spiro atoms. The molecule has 3 fully saturated rings. The van der Waals surface area contributed by atoms with Crippen molar-refractivity contribution in [2.75, 3.05) is 0 Å². The molecule has 0 saturated heterocycles. The summed E-state index contributed by atoms with van der Waals surface area (Å²) in [5.41, 5.74) is 2.00. The van der Waals surface area contributed by atoms with E-state index in [4.69, 9.17) is 0 Å². The molecule has 1 unspecified atom stereocenters. The fraction of sp³-hybridized carbons (Fsp3) is 0.864. The maximum atomic E-state index is 11.6. The van der Waals surface area contributed by atoms with E-state index >= 15 is 0 Å². The zero-order chi connectivity index (χ0) is 18.0. The molecule has 0 amide bonds. The van der Waals surface area contributed by atoms with E-state index in [1.54, 1.807) is 0 Å². The van der Waals surface area contributed by atoms with E-state index in [0.717, 1.165) is 38.0 Å². The Morgan fingerprint density at radius 1 is 1.15 bits per heavy atom. The van der Waals surface area contributed by atoms with Crippen molar-refractivity contribution in [3.63, 3.8) is 0 Å². The van der Waals surface area contributed by atoms with Gasteiger partial charge in [-0.25, -0.2) is 0 Å². The van der Waals surface area contributed by atoms with E-state index in [2.05, 4.69) is 19.9 Å². The molecular weight excluding hydrogens is 319 g/mol. The van der Waals surface area contributed by atoms with Crippen LogP contribution in [0, 0.1) is 40.4 Å². The molecule has 4 heteroatoms. The molecule has 0 aromatic carbocycles. The van der Waals surface area contributed by atoms with Gasteiger partial charge in [0.1, 0.15) is 0 Å². The predicted octanol–water partition coefficient (Wildman–Crippen LogP) is 1.65. The van der Waals surface area contributed by atoms with Crippen LogP contribution in [0.25, 0.3) is 0 Å². The molecule has 0 heterocycles. The van der Waals surface area contributed by atoms with Crippen LogP contribution in [-0.2, 0) is 4.79 Å². The van der Waals surface area contributed by atoms with Crippen molar-refractivity contribution in [2.45, 2.75) is 78.2 Å². The third-order valence-electron chi connectivity index (χ3n) is 9.14. The Balaban J connectivity index is 0.00000196. The first-order valence-corrected chi connectivity index (χ1v) is 10.4. The average Bonchev–Trinajstić information content (AvgIpc) is 2.92. The quantitative estimate of drug-likeness (QED) is 0.586. The van der Waals surface area contributed by atoms with Gasteiger partial charge in [-0.05, 0) is 85.9 Å². The number of carboxylic acids is 1. The number of allylic oxidation sites excluding steroid dienone is 1. The van der Waals surface area contributed by atoms with Crippen LogP contribution in [0.1, 0.15) is 72.1 Å². The van der Waals surface area contributed by atoms with Crippen molar-refractivity contribution in [1.82, 2.24) is 0 Å². The molecule has 4 aliphatic carbocycles. The monoisotopic (exact) mass is 353 g/mol. The normalized spacial score (nSPS) is 48.3. The summed E-state index contributed by atoms with van der Waals surface area (Å²) < 4.78 is 0. The molecule has 0 aromatic heterocycles. The minimum atomic E-state index is -0.618. The molecule has 3 nitrogen and oxygen atoms in total. The van der Waals surface area contributed by atoms with Gasteiger partial charge in [0, 0.05) is 0 Å². The van der Waals surface area contributed by atoms with Crippen molar-refractivity contribution in [1.29, 1.82) is 0 Å². The maximum absolute atomic E-state index is 11.6. The summed E-state index contributed by atoms with van der Waals surface area (Å²) in [6.45, 7) is 6.78. The van der Waals surface area contributed by atoms with Gasteiger partial charge in [-0.15, -0.1) is 0 Å². The van der Waals surface area contributed by atoms with Crippen LogP contribution in [0.15, 0.2) is 11.6 Å². The van der Waals surface area contributed by atoms with E-state index in [1.165, 1.54) is 24.8 Å². The number of rotatable bonds is 2. The Morgan fingerprint density at radius 3 is 2.58 bits per heavy atom. The molecule has 4 aliphatic rings. The molecule has 3 saturated carbocycles. The summed E-state index contributed by atoms with van der Waals surface area (Å²) in [5, 5.41) is 19.7. The summed E-state index contributed by atoms with van der Waals surface area (Å²) >= 11 is 0. The van der Waals surface area contributed by atoms with Gasteiger partial charge in [-0.1, -0.05) is 32.4 Å². The van der Waals surface area contributed by atoms with Gasteiger partial charge in [0.05, 0.1) is 12.0 Å². The molecule has 0 radical (unpaired) electrons. The zero-order valence-corrected chi connectivity index (χ0v) is 17.0. The number of carboxylic acid groups (broad SMARTS) is 1. The summed E-state index contributed by atoms with van der Waals surface area (Å²) in [5.74, 6) is 1.63. The van der Waals surface area contributed by atoms with Crippen LogP contribution in [0.5, 0.6) is 0 Å². The van der Waals surface area contributed by atoms with Gasteiger partial charge in [-0.3, -0.25) is 4.79 Å². The zero-order valence-electron chi connectivity index (χ0n) is 17.0. The van der Waals surface area contributed by atoms with Gasteiger partial charge < -0.3 is 10.2 Å². The number of aliphatic hydroxyl groups excluding tert-OH is 1. The average molecular weight is 353 g/mol. The SMILES string of the molecule is CC(C(=O)O)[C@H]1CC[C@H]2[C@@H]3CC=C4C[C@@H](O)CC[C@]4(C)[C@H]3CC[C@]12C.[Li+]. The van der Waals surface area contributed by atoms with E-state index in [9.17, 15) is 15.0 Å². The Hall–Kier alpha value is -0.233. The fourth-order valence-corrected chi connectivity index (χ4v) is 7.68. The number of fused-ring (bicyclic) bond motifs is 5. The summed E-state index contributed by atoms with van der Waals surface area (Å²) in [4.78, 5) is 11.6. The van der Waals surface area contributed by atoms with Crippen molar-refractivity contribution in [3.8, 4) is 0 Å². The van der Waals surface area contributed by atoms with E-state index in [0.29, 0.717) is 17.8 Å². The van der Waals surface area contributed by atoms with Gasteiger partial charge in [-0.2, -0.15) is 0 Å². The standard InChI is InChI=1S/C22H34O3.Li/c1-13(20(24)25)17-6-7-18-16-5-4-14-12-15(23)8-10-21(14,2)19(16)9-11-22(17,18)3;/h4,13,15-19,23H,5-12H2,1-3H3,(H,24,25);/q;+1/t13?,15-,16-,17+,18-,19-,21-,22+;/m0./s1. The molecule has 0 aliphatic heterocycles. The molecule has 8 atom stereocenters. The number of aliphatic hydroxyl groups is 1. The van der Waals surface area contributed by atoms with Crippen LogP contribution >= 0.6 is 0 Å². The van der Waals surface area contributed by atoms with Crippen LogP contribution < -0.4 is 18.9 Å². The second-order valence-electron chi connectivity index (χ2n) is 10.0. The third kappa shape index (κ3) is 2.85. The molecule has 0 bridgehead atoms. The Morgan fingerprint density at radius 2 is 1.88 bits per heavy atom. The minimum Gasteiger partial charge on any atom is -0.481 e. The molecular formula is C22H34LiO3+. The summed E-state index contributed by atoms with van der Waals surface area (Å²) in [6, 6.07) is 0. The van der Waals surface area contributed by atoms with Crippen molar-refractivity contribution >= 4 is 5.97 Å². The predicted molar refractivity (Wildman–Crippen MR) is 98.0 cm³/mol. The van der Waals surface area contributed by atoms with Crippen LogP contribution in [0.4, 0.5) is 0 Å². The molecule has 4 rings (SSSR count). The molecule has 140 valence electrons. The Bertz CT molecular complexity index is 602. The van der Waals surface area contributed by atoms with Gasteiger partial charge in [0.25, 0.3) is 0 Å². The number of hydrogen-bond donors (Lipinski definition) is 2. The van der Waals surface area contributed by atoms with Gasteiger partial charge in [0.2, 0.25) is 0 Å². The van der Waals surface area contributed by atoms with Crippen LogP contribution in [0.2, 0.25) is 0 Å². The maximum Gasteiger partial charge on any atom is 1.00 e. The van der Waals surface area contributed by atoms with Gasteiger partial charge >= 0.3 is 24.8 Å². The first-order chi connectivity index (χ1) is 11.8. The smallest absolute Gasteiger partial charge is 0.481 e. The summed E-state index contributed by atoms with van der Waals surface area (Å²) in [7, 11) is 0. The topological polar surface area (TPSA) is 57.5 Å². The number of carbonyl (C=O) groups is 1. The van der Waals surface area contributed by atoms with Crippen molar-refractivity contribution < 1.29 is 33.9 Å². The van der Waals surface area contributed by atoms with E-state index in [-0.39, 0.29) is 41.7 Å². The van der Waals surface area contributed by atoms with Crippen molar-refractivity contribution in [3.05, 3.63) is 11.6 Å². The second-order valence-corrected chi connectivity index (χ2v) is 10.0. The van der Waals surface area contributed by atoms with Crippen LogP contribution in [-0.4, -0.2) is 22.3 Å². The molecule has 0 aromatic rings. The number of hydrogen-bond acceptors (Lipinski definition) is 2. The van der Waals surface area contributed by atoms with E-state index < -0.39 is 5.97 Å². The molecule has 2 N–H and O–H groups in total. The minimum absolute atomic E-state index is 0. The van der Waals surface area contributed by atoms with Crippen LogP contribution in [0.3, 0.4) is 0 Å². The Labute approximate surface area is 170 Å². The molecule has 26 heavy (non-hydrogen) atoms. The van der Waals surface area contributed by atoms with Gasteiger partial charge in [0.15, 0.2) is 0 Å². The fourth-order valence-electron chi connectivity index (χ4n) is 7.68. The first-order valence-electron chi connectivity index (χ1n) is 10.4. The third-order valence-corrected chi connectivity index (χ3v) is 9.14. The van der Waals surface area contributed by atoms with Crippen molar-refractivity contribution in [2.24, 2.45) is 40.4 Å². The Kier molecular flexibility index (Phi) is 5.50. The second kappa shape index (κ2) is 6.98. The summed E-state index contributed by atoms with van der Waals surface area (Å²) in [6.07, 6.45) is 11.1. The largest absolute Gasteiger partial charge is 1.00 e. The first kappa shape index (κ1) is 20.5. The van der Waals surface area contributed by atoms with E-state index in [1.807, 2.05) is 6.92 Å².